The number of aryl methyl sites for hydroxylation is 2. The number of hydrogen-bond acceptors (Lipinski definition) is 2. The molecule has 0 saturated heterocycles. The lowest BCUT2D eigenvalue weighted by Crippen LogP contribution is -2.25. The first-order valence-corrected chi connectivity index (χ1v) is 5.44. The van der Waals surface area contributed by atoms with Gasteiger partial charge >= 0.3 is 0 Å². The second-order valence-electron chi connectivity index (χ2n) is 4.17. The fourth-order valence-electron chi connectivity index (χ4n) is 1.89. The largest absolute Gasteiger partial charge is 0.387 e. The minimum atomic E-state index is -0.650. The van der Waals surface area contributed by atoms with Gasteiger partial charge in [0.15, 0.2) is 0 Å². The van der Waals surface area contributed by atoms with Gasteiger partial charge in [0.1, 0.15) is 0 Å². The van der Waals surface area contributed by atoms with Crippen LogP contribution in [0.5, 0.6) is 0 Å². The summed E-state index contributed by atoms with van der Waals surface area (Å²) in [6.07, 6.45) is -0.650. The normalized spacial score (nSPS) is 15.1. The summed E-state index contributed by atoms with van der Waals surface area (Å²) in [5.41, 5.74) is 9.57. The molecule has 0 aliphatic carbocycles. The number of aliphatic hydroxyl groups excluding tert-OH is 1. The average molecular weight is 228 g/mol. The van der Waals surface area contributed by atoms with E-state index >= 15 is 0 Å². The highest BCUT2D eigenvalue weighted by atomic mass is 35.5. The van der Waals surface area contributed by atoms with Crippen LogP contribution in [0.4, 0.5) is 0 Å². The van der Waals surface area contributed by atoms with Crippen molar-refractivity contribution in [2.75, 3.05) is 0 Å². The molecule has 0 saturated carbocycles. The van der Waals surface area contributed by atoms with Crippen LogP contribution in [0.25, 0.3) is 0 Å². The third-order valence-electron chi connectivity index (χ3n) is 2.73. The molecule has 2 nitrogen and oxygen atoms in total. The summed E-state index contributed by atoms with van der Waals surface area (Å²) in [5, 5.41) is 10.7. The smallest absolute Gasteiger partial charge is 0.0943 e. The molecule has 2 atom stereocenters. The molecule has 0 fully saturated rings. The van der Waals surface area contributed by atoms with Gasteiger partial charge in [0.2, 0.25) is 0 Å². The SMILES string of the molecule is Cc1cc(C)c(C(O)C(C)N)c(C)c1Cl. The van der Waals surface area contributed by atoms with Crippen molar-refractivity contribution >= 4 is 11.6 Å². The standard InChI is InChI=1S/C12H18ClNO/c1-6-5-7(2)11(13)8(3)10(6)12(15)9(4)14/h5,9,12,15H,14H2,1-4H3. The zero-order valence-electron chi connectivity index (χ0n) is 9.63. The molecule has 0 spiro atoms. The van der Waals surface area contributed by atoms with Crippen LogP contribution in [-0.2, 0) is 0 Å². The van der Waals surface area contributed by atoms with Gasteiger partial charge in [0.25, 0.3) is 0 Å². The van der Waals surface area contributed by atoms with Gasteiger partial charge in [-0.15, -0.1) is 0 Å². The molecule has 0 bridgehead atoms. The number of hydrogen-bond donors (Lipinski definition) is 2. The minimum Gasteiger partial charge on any atom is -0.387 e. The molecular formula is C12H18ClNO. The molecule has 0 aliphatic heterocycles. The molecule has 15 heavy (non-hydrogen) atoms. The van der Waals surface area contributed by atoms with Crippen molar-refractivity contribution in [3.8, 4) is 0 Å². The second-order valence-corrected chi connectivity index (χ2v) is 4.54. The number of aliphatic hydroxyl groups is 1. The van der Waals surface area contributed by atoms with Gasteiger partial charge < -0.3 is 10.8 Å². The number of halogens is 1. The molecule has 1 rings (SSSR count). The maximum Gasteiger partial charge on any atom is 0.0943 e. The van der Waals surface area contributed by atoms with E-state index in [-0.39, 0.29) is 6.04 Å². The fraction of sp³-hybridized carbons (Fsp3) is 0.500. The summed E-state index contributed by atoms with van der Waals surface area (Å²) < 4.78 is 0. The van der Waals surface area contributed by atoms with E-state index < -0.39 is 6.10 Å². The Kier molecular flexibility index (Phi) is 3.77. The van der Waals surface area contributed by atoms with E-state index in [0.29, 0.717) is 0 Å². The third kappa shape index (κ3) is 2.33. The van der Waals surface area contributed by atoms with Crippen molar-refractivity contribution in [3.63, 3.8) is 0 Å². The van der Waals surface area contributed by atoms with Crippen molar-refractivity contribution in [2.45, 2.75) is 39.8 Å². The van der Waals surface area contributed by atoms with Crippen molar-refractivity contribution in [2.24, 2.45) is 5.73 Å². The molecule has 0 aliphatic rings. The van der Waals surface area contributed by atoms with Crippen LogP contribution in [0.1, 0.15) is 35.3 Å². The van der Waals surface area contributed by atoms with E-state index in [1.807, 2.05) is 26.8 Å². The molecular weight excluding hydrogens is 210 g/mol. The summed E-state index contributed by atoms with van der Waals surface area (Å²) >= 11 is 6.15. The van der Waals surface area contributed by atoms with Crippen molar-refractivity contribution in [1.82, 2.24) is 0 Å². The van der Waals surface area contributed by atoms with Gasteiger partial charge in [-0.3, -0.25) is 0 Å². The Bertz CT molecular complexity index is 374. The average Bonchev–Trinajstić information content (AvgIpc) is 2.14. The van der Waals surface area contributed by atoms with Crippen LogP contribution in [0, 0.1) is 20.8 Å². The molecule has 0 aromatic heterocycles. The van der Waals surface area contributed by atoms with Gasteiger partial charge in [-0.05, 0) is 49.9 Å². The van der Waals surface area contributed by atoms with Crippen LogP contribution in [0.2, 0.25) is 5.02 Å². The van der Waals surface area contributed by atoms with E-state index in [2.05, 4.69) is 0 Å². The lowest BCUT2D eigenvalue weighted by molar-refractivity contribution is 0.152. The predicted molar refractivity (Wildman–Crippen MR) is 64.3 cm³/mol. The molecule has 0 amide bonds. The Morgan fingerprint density at radius 1 is 1.27 bits per heavy atom. The fourth-order valence-corrected chi connectivity index (χ4v) is 2.05. The maximum atomic E-state index is 9.99. The highest BCUT2D eigenvalue weighted by Gasteiger charge is 2.19. The summed E-state index contributed by atoms with van der Waals surface area (Å²) in [6.45, 7) is 7.64. The number of nitrogens with two attached hydrogens (primary N) is 1. The van der Waals surface area contributed by atoms with E-state index in [4.69, 9.17) is 17.3 Å². The van der Waals surface area contributed by atoms with Crippen LogP contribution in [0.15, 0.2) is 6.07 Å². The molecule has 1 aromatic rings. The van der Waals surface area contributed by atoms with Gasteiger partial charge in [-0.2, -0.15) is 0 Å². The second kappa shape index (κ2) is 4.52. The Labute approximate surface area is 96.1 Å². The Hall–Kier alpha value is -0.570. The van der Waals surface area contributed by atoms with E-state index in [1.165, 1.54) is 0 Å². The lowest BCUT2D eigenvalue weighted by Gasteiger charge is -2.21. The highest BCUT2D eigenvalue weighted by molar-refractivity contribution is 6.32. The van der Waals surface area contributed by atoms with Crippen molar-refractivity contribution < 1.29 is 5.11 Å². The predicted octanol–water partition coefficient (Wildman–Crippen LogP) is 2.65. The minimum absolute atomic E-state index is 0.291. The van der Waals surface area contributed by atoms with Crippen molar-refractivity contribution in [1.29, 1.82) is 0 Å². The molecule has 0 heterocycles. The maximum absolute atomic E-state index is 9.99. The van der Waals surface area contributed by atoms with Gasteiger partial charge in [-0.1, -0.05) is 17.7 Å². The van der Waals surface area contributed by atoms with Crippen molar-refractivity contribution in [3.05, 3.63) is 33.3 Å². The third-order valence-corrected chi connectivity index (χ3v) is 3.31. The molecule has 2 unspecified atom stereocenters. The summed E-state index contributed by atoms with van der Waals surface area (Å²) in [4.78, 5) is 0. The highest BCUT2D eigenvalue weighted by Crippen LogP contribution is 2.31. The first kappa shape index (κ1) is 12.5. The van der Waals surface area contributed by atoms with Crippen LogP contribution in [0.3, 0.4) is 0 Å². The van der Waals surface area contributed by atoms with Crippen LogP contribution in [-0.4, -0.2) is 11.1 Å². The summed E-state index contributed by atoms with van der Waals surface area (Å²) in [5.74, 6) is 0. The first-order chi connectivity index (χ1) is 6.86. The van der Waals surface area contributed by atoms with E-state index in [0.717, 1.165) is 27.3 Å². The zero-order chi connectivity index (χ0) is 11.7. The monoisotopic (exact) mass is 227 g/mol. The Morgan fingerprint density at radius 3 is 2.27 bits per heavy atom. The summed E-state index contributed by atoms with van der Waals surface area (Å²) in [6, 6.07) is 1.69. The van der Waals surface area contributed by atoms with E-state index in [1.54, 1.807) is 6.92 Å². The quantitative estimate of drug-likeness (QED) is 0.816. The van der Waals surface area contributed by atoms with Gasteiger partial charge in [0.05, 0.1) is 6.10 Å². The molecule has 3 heteroatoms. The Morgan fingerprint density at radius 2 is 1.80 bits per heavy atom. The number of benzene rings is 1. The summed E-state index contributed by atoms with van der Waals surface area (Å²) in [7, 11) is 0. The van der Waals surface area contributed by atoms with Gasteiger partial charge in [-0.25, -0.2) is 0 Å². The van der Waals surface area contributed by atoms with Gasteiger partial charge in [0, 0.05) is 11.1 Å². The first-order valence-electron chi connectivity index (χ1n) is 5.06. The molecule has 0 radical (unpaired) electrons. The lowest BCUT2D eigenvalue weighted by atomic mass is 9.93. The van der Waals surface area contributed by atoms with Crippen LogP contribution >= 0.6 is 11.6 Å². The topological polar surface area (TPSA) is 46.2 Å². The zero-order valence-corrected chi connectivity index (χ0v) is 10.4. The Balaban J connectivity index is 3.36. The number of rotatable bonds is 2. The molecule has 1 aromatic carbocycles. The molecule has 3 N–H and O–H groups in total. The van der Waals surface area contributed by atoms with E-state index in [9.17, 15) is 5.11 Å². The van der Waals surface area contributed by atoms with Crippen LogP contribution < -0.4 is 5.73 Å². The molecule has 84 valence electrons.